The lowest BCUT2D eigenvalue weighted by Crippen LogP contribution is -2.14. The highest BCUT2D eigenvalue weighted by molar-refractivity contribution is 7.99. The van der Waals surface area contributed by atoms with Gasteiger partial charge in [0.1, 0.15) is 0 Å². The Morgan fingerprint density at radius 1 is 1.67 bits per heavy atom. The van der Waals surface area contributed by atoms with E-state index in [2.05, 4.69) is 10.3 Å². The molecule has 1 aliphatic heterocycles. The highest BCUT2D eigenvalue weighted by Gasteiger charge is 2.15. The lowest BCUT2D eigenvalue weighted by atomic mass is 10.1. The molecule has 0 amide bonds. The summed E-state index contributed by atoms with van der Waals surface area (Å²) in [4.78, 5) is 4.15. The topological polar surface area (TPSA) is 34.1 Å². The maximum Gasteiger partial charge on any atom is 0.237 e. The molecule has 1 saturated heterocycles. The SMILES string of the molecule is COc1ncccc1NCC1CCSC1. The molecule has 15 heavy (non-hydrogen) atoms. The van der Waals surface area contributed by atoms with E-state index in [-0.39, 0.29) is 0 Å². The Morgan fingerprint density at radius 3 is 3.33 bits per heavy atom. The predicted molar refractivity (Wildman–Crippen MR) is 64.7 cm³/mol. The smallest absolute Gasteiger partial charge is 0.237 e. The van der Waals surface area contributed by atoms with E-state index < -0.39 is 0 Å². The van der Waals surface area contributed by atoms with Crippen molar-refractivity contribution in [3.63, 3.8) is 0 Å². The maximum absolute atomic E-state index is 5.18. The molecule has 2 heterocycles. The van der Waals surface area contributed by atoms with Gasteiger partial charge in [0, 0.05) is 12.7 Å². The first-order chi connectivity index (χ1) is 7.40. The van der Waals surface area contributed by atoms with Gasteiger partial charge in [0.25, 0.3) is 0 Å². The van der Waals surface area contributed by atoms with Gasteiger partial charge in [0.15, 0.2) is 0 Å². The zero-order valence-electron chi connectivity index (χ0n) is 8.90. The Balaban J connectivity index is 1.91. The number of hydrogen-bond donors (Lipinski definition) is 1. The van der Waals surface area contributed by atoms with E-state index in [0.29, 0.717) is 5.88 Å². The van der Waals surface area contributed by atoms with Gasteiger partial charge >= 0.3 is 0 Å². The fourth-order valence-corrected chi connectivity index (χ4v) is 2.97. The van der Waals surface area contributed by atoms with Crippen LogP contribution in [0.15, 0.2) is 18.3 Å². The second-order valence-corrected chi connectivity index (χ2v) is 4.82. The van der Waals surface area contributed by atoms with Crippen LogP contribution in [-0.2, 0) is 0 Å². The number of hydrogen-bond acceptors (Lipinski definition) is 4. The Morgan fingerprint density at radius 2 is 2.60 bits per heavy atom. The molecule has 0 aliphatic carbocycles. The van der Waals surface area contributed by atoms with Crippen LogP contribution in [0.3, 0.4) is 0 Å². The van der Waals surface area contributed by atoms with E-state index >= 15 is 0 Å². The standard InChI is InChI=1S/C11H16N2OS/c1-14-11-10(3-2-5-12-11)13-7-9-4-6-15-8-9/h2-3,5,9,13H,4,6-8H2,1H3. The number of methoxy groups -OCH3 is 1. The average Bonchev–Trinajstić information content (AvgIpc) is 2.79. The van der Waals surface area contributed by atoms with Gasteiger partial charge in [-0.2, -0.15) is 11.8 Å². The van der Waals surface area contributed by atoms with Gasteiger partial charge in [-0.05, 0) is 36.0 Å². The summed E-state index contributed by atoms with van der Waals surface area (Å²) in [5, 5.41) is 3.41. The van der Waals surface area contributed by atoms with Crippen molar-refractivity contribution in [2.75, 3.05) is 30.5 Å². The summed E-state index contributed by atoms with van der Waals surface area (Å²) >= 11 is 2.04. The van der Waals surface area contributed by atoms with Crippen molar-refractivity contribution in [3.05, 3.63) is 18.3 Å². The lowest BCUT2D eigenvalue weighted by Gasteiger charge is -2.12. The summed E-state index contributed by atoms with van der Waals surface area (Å²) in [6.45, 7) is 1.02. The number of ether oxygens (including phenoxy) is 1. The van der Waals surface area contributed by atoms with Crippen LogP contribution in [0.2, 0.25) is 0 Å². The largest absolute Gasteiger partial charge is 0.480 e. The molecular formula is C11H16N2OS. The summed E-state index contributed by atoms with van der Waals surface area (Å²) in [5.74, 6) is 4.05. The third-order valence-corrected chi connectivity index (χ3v) is 3.80. The number of nitrogens with zero attached hydrogens (tertiary/aromatic N) is 1. The minimum Gasteiger partial charge on any atom is -0.480 e. The molecule has 3 nitrogen and oxygen atoms in total. The molecule has 82 valence electrons. The average molecular weight is 224 g/mol. The zero-order chi connectivity index (χ0) is 10.5. The van der Waals surface area contributed by atoms with E-state index in [1.165, 1.54) is 17.9 Å². The second-order valence-electron chi connectivity index (χ2n) is 3.67. The van der Waals surface area contributed by atoms with Gasteiger partial charge in [-0.3, -0.25) is 0 Å². The van der Waals surface area contributed by atoms with Crippen LogP contribution in [0.4, 0.5) is 5.69 Å². The summed E-state index contributed by atoms with van der Waals surface area (Å²) < 4.78 is 5.18. The van der Waals surface area contributed by atoms with Crippen molar-refractivity contribution < 1.29 is 4.74 Å². The second kappa shape index (κ2) is 5.26. The minimum atomic E-state index is 0.683. The summed E-state index contributed by atoms with van der Waals surface area (Å²) in [5.41, 5.74) is 0.997. The number of thioether (sulfide) groups is 1. The van der Waals surface area contributed by atoms with Crippen LogP contribution in [0.25, 0.3) is 0 Å². The van der Waals surface area contributed by atoms with E-state index in [0.717, 1.165) is 18.2 Å². The van der Waals surface area contributed by atoms with Crippen LogP contribution in [0, 0.1) is 5.92 Å². The van der Waals surface area contributed by atoms with E-state index in [1.807, 2.05) is 23.9 Å². The number of anilines is 1. The van der Waals surface area contributed by atoms with E-state index in [1.54, 1.807) is 13.3 Å². The molecule has 1 aromatic heterocycles. The Bertz CT molecular complexity index is 313. The first kappa shape index (κ1) is 10.6. The Kier molecular flexibility index (Phi) is 3.72. The number of pyridine rings is 1. The molecule has 1 atom stereocenters. The van der Waals surface area contributed by atoms with Gasteiger partial charge in [0.2, 0.25) is 5.88 Å². The molecule has 0 spiro atoms. The Labute approximate surface area is 94.6 Å². The normalized spacial score (nSPS) is 20.2. The van der Waals surface area contributed by atoms with Crippen molar-refractivity contribution in [2.45, 2.75) is 6.42 Å². The molecule has 0 aromatic carbocycles. The number of nitrogens with one attached hydrogen (secondary N) is 1. The van der Waals surface area contributed by atoms with E-state index in [9.17, 15) is 0 Å². The summed E-state index contributed by atoms with van der Waals surface area (Å²) in [7, 11) is 1.65. The molecule has 0 bridgehead atoms. The number of rotatable bonds is 4. The van der Waals surface area contributed by atoms with Crippen LogP contribution in [-0.4, -0.2) is 30.1 Å². The van der Waals surface area contributed by atoms with Crippen LogP contribution in [0.1, 0.15) is 6.42 Å². The molecule has 2 rings (SSSR count). The highest BCUT2D eigenvalue weighted by atomic mass is 32.2. The van der Waals surface area contributed by atoms with Crippen molar-refractivity contribution in [1.82, 2.24) is 4.98 Å². The fraction of sp³-hybridized carbons (Fsp3) is 0.545. The van der Waals surface area contributed by atoms with Crippen LogP contribution < -0.4 is 10.1 Å². The van der Waals surface area contributed by atoms with Gasteiger partial charge in [-0.15, -0.1) is 0 Å². The number of aromatic nitrogens is 1. The predicted octanol–water partition coefficient (Wildman–Crippen LogP) is 2.26. The molecule has 1 unspecified atom stereocenters. The molecule has 1 aliphatic rings. The van der Waals surface area contributed by atoms with Crippen molar-refractivity contribution >= 4 is 17.4 Å². The molecule has 1 aromatic rings. The molecule has 4 heteroatoms. The van der Waals surface area contributed by atoms with Gasteiger partial charge in [0.05, 0.1) is 12.8 Å². The highest BCUT2D eigenvalue weighted by Crippen LogP contribution is 2.25. The van der Waals surface area contributed by atoms with Gasteiger partial charge in [-0.1, -0.05) is 0 Å². The van der Waals surface area contributed by atoms with Gasteiger partial charge < -0.3 is 10.1 Å². The van der Waals surface area contributed by atoms with Crippen molar-refractivity contribution in [3.8, 4) is 5.88 Å². The van der Waals surface area contributed by atoms with Crippen LogP contribution in [0.5, 0.6) is 5.88 Å². The quantitative estimate of drug-likeness (QED) is 0.850. The first-order valence-corrected chi connectivity index (χ1v) is 6.36. The molecule has 0 radical (unpaired) electrons. The lowest BCUT2D eigenvalue weighted by molar-refractivity contribution is 0.399. The molecule has 0 saturated carbocycles. The molecule has 1 N–H and O–H groups in total. The van der Waals surface area contributed by atoms with Crippen LogP contribution >= 0.6 is 11.8 Å². The first-order valence-electron chi connectivity index (χ1n) is 5.21. The molecular weight excluding hydrogens is 208 g/mol. The summed E-state index contributed by atoms with van der Waals surface area (Å²) in [6.07, 6.45) is 3.07. The minimum absolute atomic E-state index is 0.683. The fourth-order valence-electron chi connectivity index (χ4n) is 1.69. The van der Waals surface area contributed by atoms with Crippen molar-refractivity contribution in [2.24, 2.45) is 5.92 Å². The van der Waals surface area contributed by atoms with Crippen molar-refractivity contribution in [1.29, 1.82) is 0 Å². The van der Waals surface area contributed by atoms with Gasteiger partial charge in [-0.25, -0.2) is 4.98 Å². The molecule has 1 fully saturated rings. The maximum atomic E-state index is 5.18. The third-order valence-electron chi connectivity index (χ3n) is 2.57. The van der Waals surface area contributed by atoms with E-state index in [4.69, 9.17) is 4.74 Å². The third kappa shape index (κ3) is 2.78. The summed E-state index contributed by atoms with van der Waals surface area (Å²) in [6, 6.07) is 3.93. The monoisotopic (exact) mass is 224 g/mol. The Hall–Kier alpha value is -0.900. The zero-order valence-corrected chi connectivity index (χ0v) is 9.72.